The first-order valence-electron chi connectivity index (χ1n) is 7.85. The smallest absolute Gasteiger partial charge is 0.410 e. The average Bonchev–Trinajstić information content (AvgIpc) is 2.39. The molecule has 4 nitrogen and oxygen atoms in total. The Morgan fingerprint density at radius 3 is 2.61 bits per heavy atom. The minimum atomic E-state index is -0.487. The van der Waals surface area contributed by atoms with E-state index in [0.717, 1.165) is 12.0 Å². The molecule has 1 rings (SSSR count). The van der Waals surface area contributed by atoms with E-state index in [9.17, 15) is 9.18 Å². The van der Waals surface area contributed by atoms with Crippen LogP contribution in [0, 0.1) is 5.82 Å². The van der Waals surface area contributed by atoms with E-state index in [4.69, 9.17) is 16.3 Å². The molecule has 0 aromatic heterocycles. The second-order valence-electron chi connectivity index (χ2n) is 6.37. The van der Waals surface area contributed by atoms with Crippen molar-refractivity contribution in [1.29, 1.82) is 0 Å². The molecule has 1 aromatic rings. The molecule has 1 amide bonds. The Labute approximate surface area is 142 Å². The summed E-state index contributed by atoms with van der Waals surface area (Å²) in [6, 6.07) is 4.47. The molecule has 0 spiro atoms. The highest BCUT2D eigenvalue weighted by Gasteiger charge is 2.20. The Balaban J connectivity index is 2.31. The number of ether oxygens (including phenoxy) is 1. The predicted octanol–water partition coefficient (Wildman–Crippen LogP) is 4.22. The van der Waals surface area contributed by atoms with Crippen molar-refractivity contribution in [3.63, 3.8) is 0 Å². The van der Waals surface area contributed by atoms with Crippen molar-refractivity contribution < 1.29 is 13.9 Å². The van der Waals surface area contributed by atoms with Crippen molar-refractivity contribution in [2.24, 2.45) is 0 Å². The molecule has 0 radical (unpaired) electrons. The van der Waals surface area contributed by atoms with Gasteiger partial charge in [0.15, 0.2) is 0 Å². The predicted molar refractivity (Wildman–Crippen MR) is 91.2 cm³/mol. The molecule has 23 heavy (non-hydrogen) atoms. The lowest BCUT2D eigenvalue weighted by atomic mass is 10.2. The molecule has 0 aliphatic rings. The minimum Gasteiger partial charge on any atom is -0.444 e. The van der Waals surface area contributed by atoms with Crippen LogP contribution in [0.4, 0.5) is 9.18 Å². The Hall–Kier alpha value is -1.33. The number of hydrogen-bond acceptors (Lipinski definition) is 3. The van der Waals surface area contributed by atoms with Crippen molar-refractivity contribution in [1.82, 2.24) is 10.2 Å². The summed E-state index contributed by atoms with van der Waals surface area (Å²) in [7, 11) is 0. The van der Waals surface area contributed by atoms with Gasteiger partial charge in [-0.2, -0.15) is 0 Å². The topological polar surface area (TPSA) is 41.6 Å². The monoisotopic (exact) mass is 344 g/mol. The first-order valence-corrected chi connectivity index (χ1v) is 8.22. The number of rotatable bonds is 7. The Morgan fingerprint density at radius 2 is 2.04 bits per heavy atom. The third-order valence-electron chi connectivity index (χ3n) is 3.07. The molecule has 0 atom stereocenters. The highest BCUT2D eigenvalue weighted by atomic mass is 35.5. The first-order chi connectivity index (χ1) is 10.7. The van der Waals surface area contributed by atoms with Crippen molar-refractivity contribution in [2.75, 3.05) is 19.6 Å². The lowest BCUT2D eigenvalue weighted by Crippen LogP contribution is -2.38. The third kappa shape index (κ3) is 8.18. The molecule has 0 unspecified atom stereocenters. The van der Waals surface area contributed by atoms with Gasteiger partial charge in [0.2, 0.25) is 0 Å². The maximum Gasteiger partial charge on any atom is 0.410 e. The van der Waals surface area contributed by atoms with Gasteiger partial charge in [0.05, 0.1) is 0 Å². The molecule has 0 aliphatic heterocycles. The molecule has 130 valence electrons. The normalized spacial score (nSPS) is 11.4. The van der Waals surface area contributed by atoms with Crippen LogP contribution in [0.25, 0.3) is 0 Å². The third-order valence-corrected chi connectivity index (χ3v) is 3.28. The quantitative estimate of drug-likeness (QED) is 0.753. The molecule has 1 aromatic carbocycles. The Kier molecular flexibility index (Phi) is 7.79. The van der Waals surface area contributed by atoms with E-state index < -0.39 is 5.60 Å². The van der Waals surface area contributed by atoms with Crippen LogP contribution in [-0.2, 0) is 11.3 Å². The van der Waals surface area contributed by atoms with Crippen LogP contribution in [0.2, 0.25) is 5.02 Å². The maximum absolute atomic E-state index is 13.2. The average molecular weight is 345 g/mol. The van der Waals surface area contributed by atoms with Crippen LogP contribution in [0.3, 0.4) is 0 Å². The fourth-order valence-electron chi connectivity index (χ4n) is 2.05. The summed E-state index contributed by atoms with van der Waals surface area (Å²) >= 11 is 5.81. The second-order valence-corrected chi connectivity index (χ2v) is 6.80. The first kappa shape index (κ1) is 19.7. The second kappa shape index (κ2) is 9.08. The van der Waals surface area contributed by atoms with E-state index in [1.54, 1.807) is 11.0 Å². The number of nitrogens with one attached hydrogen (secondary N) is 1. The molecule has 6 heteroatoms. The SMILES string of the molecule is CCN(CCCNCc1cc(F)cc(Cl)c1)C(=O)OC(C)(C)C. The zero-order valence-electron chi connectivity index (χ0n) is 14.3. The largest absolute Gasteiger partial charge is 0.444 e. The molecule has 0 fully saturated rings. The van der Waals surface area contributed by atoms with Gasteiger partial charge in [0.1, 0.15) is 11.4 Å². The standard InChI is InChI=1S/C17H26ClFN2O2/c1-5-21(16(22)23-17(2,3)4)8-6-7-20-12-13-9-14(18)11-15(19)10-13/h9-11,20H,5-8,12H2,1-4H3. The highest BCUT2D eigenvalue weighted by Crippen LogP contribution is 2.14. The van der Waals surface area contributed by atoms with Crippen molar-refractivity contribution in [2.45, 2.75) is 46.3 Å². The van der Waals surface area contributed by atoms with Gasteiger partial charge in [-0.25, -0.2) is 9.18 Å². The van der Waals surface area contributed by atoms with Crippen molar-refractivity contribution >= 4 is 17.7 Å². The van der Waals surface area contributed by atoms with Crippen LogP contribution in [0.5, 0.6) is 0 Å². The van der Waals surface area contributed by atoms with E-state index in [1.807, 2.05) is 27.7 Å². The molecule has 0 bridgehead atoms. The minimum absolute atomic E-state index is 0.295. The summed E-state index contributed by atoms with van der Waals surface area (Å²) in [5.41, 5.74) is 0.314. The van der Waals surface area contributed by atoms with Crippen LogP contribution >= 0.6 is 11.6 Å². The van der Waals surface area contributed by atoms with Gasteiger partial charge in [-0.15, -0.1) is 0 Å². The van der Waals surface area contributed by atoms with Gasteiger partial charge in [-0.1, -0.05) is 11.6 Å². The summed E-state index contributed by atoms with van der Waals surface area (Å²) in [4.78, 5) is 13.6. The van der Waals surface area contributed by atoms with Crippen molar-refractivity contribution in [3.8, 4) is 0 Å². The zero-order chi connectivity index (χ0) is 17.5. The van der Waals surface area contributed by atoms with E-state index in [-0.39, 0.29) is 11.9 Å². The van der Waals surface area contributed by atoms with Crippen molar-refractivity contribution in [3.05, 3.63) is 34.6 Å². The summed E-state index contributed by atoms with van der Waals surface area (Å²) in [6.45, 7) is 9.95. The van der Waals surface area contributed by atoms with Crippen LogP contribution in [-0.4, -0.2) is 36.2 Å². The summed E-state index contributed by atoms with van der Waals surface area (Å²) in [6.07, 6.45) is 0.493. The maximum atomic E-state index is 13.2. The lowest BCUT2D eigenvalue weighted by Gasteiger charge is -2.26. The molecule has 0 saturated carbocycles. The van der Waals surface area contributed by atoms with Crippen LogP contribution < -0.4 is 5.32 Å². The number of carbonyl (C=O) groups excluding carboxylic acids is 1. The zero-order valence-corrected chi connectivity index (χ0v) is 15.0. The number of halogens is 2. The van der Waals surface area contributed by atoms with Gasteiger partial charge in [-0.05, 0) is 64.4 Å². The number of amides is 1. The number of benzene rings is 1. The lowest BCUT2D eigenvalue weighted by molar-refractivity contribution is 0.0258. The molecule has 0 heterocycles. The van der Waals surface area contributed by atoms with Gasteiger partial charge in [-0.3, -0.25) is 0 Å². The van der Waals surface area contributed by atoms with Gasteiger partial charge in [0.25, 0.3) is 0 Å². The molecule has 1 N–H and O–H groups in total. The summed E-state index contributed by atoms with van der Waals surface area (Å²) in [5.74, 6) is -0.337. The van der Waals surface area contributed by atoms with Gasteiger partial charge in [0, 0.05) is 24.7 Å². The molecule has 0 saturated heterocycles. The Morgan fingerprint density at radius 1 is 1.35 bits per heavy atom. The fraction of sp³-hybridized carbons (Fsp3) is 0.588. The van der Waals surface area contributed by atoms with E-state index in [2.05, 4.69) is 5.32 Å². The highest BCUT2D eigenvalue weighted by molar-refractivity contribution is 6.30. The van der Waals surface area contributed by atoms with E-state index in [1.165, 1.54) is 12.1 Å². The molecular formula is C17H26ClFN2O2. The Bertz CT molecular complexity index is 498. The summed E-state index contributed by atoms with van der Waals surface area (Å²) in [5, 5.41) is 3.61. The fourth-order valence-corrected chi connectivity index (χ4v) is 2.29. The number of hydrogen-bond donors (Lipinski definition) is 1. The van der Waals surface area contributed by atoms with Crippen LogP contribution in [0.1, 0.15) is 39.7 Å². The van der Waals surface area contributed by atoms with E-state index >= 15 is 0 Å². The van der Waals surface area contributed by atoms with Crippen LogP contribution in [0.15, 0.2) is 18.2 Å². The molecule has 0 aliphatic carbocycles. The number of carbonyl (C=O) groups is 1. The molecular weight excluding hydrogens is 319 g/mol. The van der Waals surface area contributed by atoms with Gasteiger partial charge < -0.3 is 15.0 Å². The number of nitrogens with zero attached hydrogens (tertiary/aromatic N) is 1. The van der Waals surface area contributed by atoms with Gasteiger partial charge >= 0.3 is 6.09 Å². The van der Waals surface area contributed by atoms with E-state index in [0.29, 0.717) is 31.2 Å². The summed E-state index contributed by atoms with van der Waals surface area (Å²) < 4.78 is 18.6.